The highest BCUT2D eigenvalue weighted by atomic mass is 16.5. The Morgan fingerprint density at radius 3 is 2.68 bits per heavy atom. The highest BCUT2D eigenvalue weighted by Gasteiger charge is 2.20. The Morgan fingerprint density at radius 2 is 2.00 bits per heavy atom. The van der Waals surface area contributed by atoms with Gasteiger partial charge in [0.25, 0.3) is 0 Å². The van der Waals surface area contributed by atoms with Gasteiger partial charge in [-0.25, -0.2) is 0 Å². The van der Waals surface area contributed by atoms with E-state index in [1.54, 1.807) is 7.11 Å². The van der Waals surface area contributed by atoms with Crippen LogP contribution < -0.4 is 10.5 Å². The third-order valence-corrected chi connectivity index (χ3v) is 4.23. The zero-order chi connectivity index (χ0) is 13.4. The number of nitrogens with zero attached hydrogens (tertiary/aromatic N) is 2. The van der Waals surface area contributed by atoms with Gasteiger partial charge in [-0.3, -0.25) is 4.68 Å². The van der Waals surface area contributed by atoms with Gasteiger partial charge in [0, 0.05) is 17.6 Å². The van der Waals surface area contributed by atoms with Gasteiger partial charge >= 0.3 is 0 Å². The fourth-order valence-corrected chi connectivity index (χ4v) is 2.96. The standard InChI is InChI=1S/C15H21N3O/c1-10-3-5-12(6-4-10)18-9-11-7-13(16)15(19-2)8-14(11)17-18/h7-10,12H,3-6,16H2,1-2H3. The van der Waals surface area contributed by atoms with Gasteiger partial charge in [-0.15, -0.1) is 0 Å². The van der Waals surface area contributed by atoms with Crippen LogP contribution >= 0.6 is 0 Å². The largest absolute Gasteiger partial charge is 0.495 e. The second kappa shape index (κ2) is 4.76. The van der Waals surface area contributed by atoms with E-state index in [1.807, 2.05) is 12.1 Å². The van der Waals surface area contributed by atoms with Crippen molar-refractivity contribution >= 4 is 16.6 Å². The van der Waals surface area contributed by atoms with Crippen molar-refractivity contribution in [1.82, 2.24) is 9.78 Å². The summed E-state index contributed by atoms with van der Waals surface area (Å²) in [5.41, 5.74) is 7.58. The van der Waals surface area contributed by atoms with E-state index in [2.05, 4.69) is 17.8 Å². The summed E-state index contributed by atoms with van der Waals surface area (Å²) in [5.74, 6) is 1.56. The minimum absolute atomic E-state index is 0.538. The van der Waals surface area contributed by atoms with Gasteiger partial charge < -0.3 is 10.5 Å². The minimum atomic E-state index is 0.538. The Hall–Kier alpha value is -1.71. The van der Waals surface area contributed by atoms with E-state index in [0.717, 1.165) is 16.8 Å². The van der Waals surface area contributed by atoms with Crippen LogP contribution in [0.3, 0.4) is 0 Å². The third kappa shape index (κ3) is 2.27. The SMILES string of the molecule is COc1cc2nn(C3CCC(C)CC3)cc2cc1N. The van der Waals surface area contributed by atoms with Crippen LogP contribution in [0.15, 0.2) is 18.3 Å². The molecule has 1 aromatic carbocycles. The summed E-state index contributed by atoms with van der Waals surface area (Å²) < 4.78 is 7.37. The summed E-state index contributed by atoms with van der Waals surface area (Å²) in [7, 11) is 1.64. The number of fused-ring (bicyclic) bond motifs is 1. The molecule has 4 heteroatoms. The molecule has 4 nitrogen and oxygen atoms in total. The molecule has 1 aliphatic rings. The number of rotatable bonds is 2. The number of benzene rings is 1. The van der Waals surface area contributed by atoms with Gasteiger partial charge in [-0.2, -0.15) is 5.10 Å². The van der Waals surface area contributed by atoms with Crippen molar-refractivity contribution in [2.24, 2.45) is 5.92 Å². The zero-order valence-corrected chi connectivity index (χ0v) is 11.6. The molecular formula is C15H21N3O. The second-order valence-electron chi connectivity index (χ2n) is 5.68. The lowest BCUT2D eigenvalue weighted by Crippen LogP contribution is -2.16. The lowest BCUT2D eigenvalue weighted by Gasteiger charge is -2.26. The van der Waals surface area contributed by atoms with Crippen molar-refractivity contribution in [2.75, 3.05) is 12.8 Å². The molecule has 0 spiro atoms. The number of hydrogen-bond donors (Lipinski definition) is 1. The molecule has 0 saturated heterocycles. The van der Waals surface area contributed by atoms with Crippen LogP contribution in [0.4, 0.5) is 5.69 Å². The van der Waals surface area contributed by atoms with Crippen LogP contribution in [0.2, 0.25) is 0 Å². The molecule has 1 aromatic heterocycles. The van der Waals surface area contributed by atoms with Crippen molar-refractivity contribution < 1.29 is 4.74 Å². The number of nitrogens with two attached hydrogens (primary N) is 1. The monoisotopic (exact) mass is 259 g/mol. The predicted octanol–water partition coefficient (Wildman–Crippen LogP) is 3.38. The lowest BCUT2D eigenvalue weighted by molar-refractivity contribution is 0.275. The Labute approximate surface area is 113 Å². The first-order valence-corrected chi connectivity index (χ1v) is 6.99. The van der Waals surface area contributed by atoms with Crippen LogP contribution in [0.25, 0.3) is 10.9 Å². The van der Waals surface area contributed by atoms with E-state index in [9.17, 15) is 0 Å². The Balaban J connectivity index is 1.93. The molecule has 1 fully saturated rings. The molecular weight excluding hydrogens is 238 g/mol. The quantitative estimate of drug-likeness (QED) is 0.841. The summed E-state index contributed by atoms with van der Waals surface area (Å²) >= 11 is 0. The molecule has 0 atom stereocenters. The van der Waals surface area contributed by atoms with E-state index in [1.165, 1.54) is 25.7 Å². The summed E-state index contributed by atoms with van der Waals surface area (Å²) in [5, 5.41) is 5.79. The fourth-order valence-electron chi connectivity index (χ4n) is 2.96. The van der Waals surface area contributed by atoms with Crippen molar-refractivity contribution in [3.8, 4) is 5.75 Å². The molecule has 1 heterocycles. The second-order valence-corrected chi connectivity index (χ2v) is 5.68. The van der Waals surface area contributed by atoms with Crippen molar-refractivity contribution in [2.45, 2.75) is 38.6 Å². The third-order valence-electron chi connectivity index (χ3n) is 4.23. The summed E-state index contributed by atoms with van der Waals surface area (Å²) in [6.07, 6.45) is 7.16. The van der Waals surface area contributed by atoms with Gasteiger partial charge in [0.15, 0.2) is 0 Å². The van der Waals surface area contributed by atoms with Gasteiger partial charge in [-0.05, 0) is 37.7 Å². The highest BCUT2D eigenvalue weighted by Crippen LogP contribution is 2.33. The normalized spacial score (nSPS) is 23.7. The zero-order valence-electron chi connectivity index (χ0n) is 11.6. The maximum atomic E-state index is 5.94. The number of methoxy groups -OCH3 is 1. The molecule has 19 heavy (non-hydrogen) atoms. The van der Waals surface area contributed by atoms with Gasteiger partial charge in [0.05, 0.1) is 24.4 Å². The maximum Gasteiger partial charge on any atom is 0.144 e. The molecule has 0 unspecified atom stereocenters. The Kier molecular flexibility index (Phi) is 3.09. The Bertz CT molecular complexity index is 582. The van der Waals surface area contributed by atoms with E-state index >= 15 is 0 Å². The first-order valence-electron chi connectivity index (χ1n) is 6.99. The first kappa shape index (κ1) is 12.3. The lowest BCUT2D eigenvalue weighted by atomic mass is 9.87. The van der Waals surface area contributed by atoms with E-state index in [-0.39, 0.29) is 0 Å². The van der Waals surface area contributed by atoms with Crippen molar-refractivity contribution in [1.29, 1.82) is 0 Å². The first-order chi connectivity index (χ1) is 9.17. The predicted molar refractivity (Wildman–Crippen MR) is 77.4 cm³/mol. The number of hydrogen-bond acceptors (Lipinski definition) is 3. The molecule has 102 valence electrons. The molecule has 0 bridgehead atoms. The highest BCUT2D eigenvalue weighted by molar-refractivity contribution is 5.84. The fraction of sp³-hybridized carbons (Fsp3) is 0.533. The molecule has 0 radical (unpaired) electrons. The Morgan fingerprint density at radius 1 is 1.26 bits per heavy atom. The molecule has 1 aliphatic carbocycles. The average Bonchev–Trinajstić information content (AvgIpc) is 2.81. The smallest absolute Gasteiger partial charge is 0.144 e. The number of anilines is 1. The number of nitrogen functional groups attached to an aromatic ring is 1. The van der Waals surface area contributed by atoms with E-state index < -0.39 is 0 Å². The van der Waals surface area contributed by atoms with Crippen LogP contribution in [0.5, 0.6) is 5.75 Å². The van der Waals surface area contributed by atoms with Gasteiger partial charge in [0.1, 0.15) is 5.75 Å². The molecule has 0 aliphatic heterocycles. The minimum Gasteiger partial charge on any atom is -0.495 e. The van der Waals surface area contributed by atoms with E-state index in [0.29, 0.717) is 17.5 Å². The molecule has 2 aromatic rings. The van der Waals surface area contributed by atoms with E-state index in [4.69, 9.17) is 15.6 Å². The van der Waals surface area contributed by atoms with Gasteiger partial charge in [-0.1, -0.05) is 6.92 Å². The van der Waals surface area contributed by atoms with Crippen LogP contribution in [0.1, 0.15) is 38.6 Å². The van der Waals surface area contributed by atoms with Crippen molar-refractivity contribution in [3.05, 3.63) is 18.3 Å². The maximum absolute atomic E-state index is 5.94. The van der Waals surface area contributed by atoms with Crippen LogP contribution in [-0.2, 0) is 0 Å². The average molecular weight is 259 g/mol. The summed E-state index contributed by atoms with van der Waals surface area (Å²) in [6.45, 7) is 2.33. The summed E-state index contributed by atoms with van der Waals surface area (Å²) in [6, 6.07) is 4.41. The molecule has 0 amide bonds. The number of aromatic nitrogens is 2. The molecule has 3 rings (SSSR count). The number of ether oxygens (including phenoxy) is 1. The molecule has 1 saturated carbocycles. The molecule has 2 N–H and O–H groups in total. The summed E-state index contributed by atoms with van der Waals surface area (Å²) in [4.78, 5) is 0. The van der Waals surface area contributed by atoms with Crippen LogP contribution in [-0.4, -0.2) is 16.9 Å². The van der Waals surface area contributed by atoms with Gasteiger partial charge in [0.2, 0.25) is 0 Å². The topological polar surface area (TPSA) is 53.1 Å². The van der Waals surface area contributed by atoms with Crippen LogP contribution in [0, 0.1) is 5.92 Å². The van der Waals surface area contributed by atoms with Crippen molar-refractivity contribution in [3.63, 3.8) is 0 Å².